The molecule has 2 atom stereocenters. The fourth-order valence-electron chi connectivity index (χ4n) is 2.70. The lowest BCUT2D eigenvalue weighted by molar-refractivity contribution is 0.407. The summed E-state index contributed by atoms with van der Waals surface area (Å²) in [6, 6.07) is 1.93. The normalized spacial score (nSPS) is 24.4. The van der Waals surface area contributed by atoms with Crippen molar-refractivity contribution in [1.82, 2.24) is 9.62 Å². The molecular weight excluding hydrogens is 292 g/mol. The average Bonchev–Trinajstić information content (AvgIpc) is 2.97. The van der Waals surface area contributed by atoms with E-state index in [0.29, 0.717) is 16.7 Å². The first-order valence-electron chi connectivity index (χ1n) is 7.25. The van der Waals surface area contributed by atoms with Crippen LogP contribution in [0.5, 0.6) is 0 Å². The summed E-state index contributed by atoms with van der Waals surface area (Å²) in [5.41, 5.74) is 1.06. The van der Waals surface area contributed by atoms with Crippen LogP contribution in [0.15, 0.2) is 15.7 Å². The third-order valence-corrected chi connectivity index (χ3v) is 7.12. The van der Waals surface area contributed by atoms with Crippen molar-refractivity contribution in [2.45, 2.75) is 50.4 Å². The van der Waals surface area contributed by atoms with Gasteiger partial charge in [-0.05, 0) is 49.2 Å². The van der Waals surface area contributed by atoms with Gasteiger partial charge >= 0.3 is 0 Å². The molecule has 1 aromatic heterocycles. The third kappa shape index (κ3) is 3.42. The standard InChI is InChI=1S/C14H24N2O2S2/c1-4-5-15-8-13-7-14(19-10-13)20(17,18)16-9-11(2)6-12(16)3/h7,10-12,15H,4-6,8-9H2,1-3H3. The van der Waals surface area contributed by atoms with Crippen LogP contribution in [-0.4, -0.2) is 31.9 Å². The molecule has 0 spiro atoms. The van der Waals surface area contributed by atoms with Gasteiger partial charge in [-0.15, -0.1) is 11.3 Å². The van der Waals surface area contributed by atoms with Gasteiger partial charge in [0.25, 0.3) is 10.0 Å². The molecule has 2 heterocycles. The fraction of sp³-hybridized carbons (Fsp3) is 0.714. The summed E-state index contributed by atoms with van der Waals surface area (Å²) in [5.74, 6) is 0.449. The van der Waals surface area contributed by atoms with E-state index in [1.165, 1.54) is 11.3 Å². The summed E-state index contributed by atoms with van der Waals surface area (Å²) in [6.07, 6.45) is 2.04. The highest BCUT2D eigenvalue weighted by molar-refractivity contribution is 7.91. The molecule has 0 bridgehead atoms. The summed E-state index contributed by atoms with van der Waals surface area (Å²) in [5, 5.41) is 5.24. The molecule has 2 rings (SSSR count). The van der Waals surface area contributed by atoms with Gasteiger partial charge in [0.2, 0.25) is 0 Å². The Bertz CT molecular complexity index is 539. The van der Waals surface area contributed by atoms with Crippen LogP contribution >= 0.6 is 11.3 Å². The average molecular weight is 316 g/mol. The summed E-state index contributed by atoms with van der Waals surface area (Å²) in [6.45, 7) is 8.57. The molecule has 0 radical (unpaired) electrons. The number of hydrogen-bond donors (Lipinski definition) is 1. The van der Waals surface area contributed by atoms with Crippen molar-refractivity contribution in [1.29, 1.82) is 0 Å². The minimum atomic E-state index is -3.31. The largest absolute Gasteiger partial charge is 0.313 e. The molecule has 114 valence electrons. The minimum absolute atomic E-state index is 0.110. The van der Waals surface area contributed by atoms with E-state index in [9.17, 15) is 8.42 Å². The van der Waals surface area contributed by atoms with Crippen LogP contribution in [0.2, 0.25) is 0 Å². The molecule has 0 aromatic carbocycles. The summed E-state index contributed by atoms with van der Waals surface area (Å²) in [4.78, 5) is 0. The third-order valence-electron chi connectivity index (χ3n) is 3.68. The zero-order valence-electron chi connectivity index (χ0n) is 12.4. The van der Waals surface area contributed by atoms with Gasteiger partial charge in [0.15, 0.2) is 0 Å². The highest BCUT2D eigenvalue weighted by atomic mass is 32.2. The lowest BCUT2D eigenvalue weighted by Gasteiger charge is -2.19. The monoisotopic (exact) mass is 316 g/mol. The minimum Gasteiger partial charge on any atom is -0.313 e. The maximum atomic E-state index is 12.6. The van der Waals surface area contributed by atoms with E-state index in [1.54, 1.807) is 4.31 Å². The number of rotatable bonds is 6. The Morgan fingerprint density at radius 1 is 1.45 bits per heavy atom. The number of nitrogens with zero attached hydrogens (tertiary/aromatic N) is 1. The van der Waals surface area contributed by atoms with Crippen molar-refractivity contribution >= 4 is 21.4 Å². The highest BCUT2D eigenvalue weighted by Gasteiger charge is 2.36. The van der Waals surface area contributed by atoms with Crippen molar-refractivity contribution < 1.29 is 8.42 Å². The SMILES string of the molecule is CCCNCc1csc(S(=O)(=O)N2CC(C)CC2C)c1. The van der Waals surface area contributed by atoms with E-state index in [0.717, 1.165) is 31.5 Å². The van der Waals surface area contributed by atoms with Gasteiger partial charge in [0.1, 0.15) is 4.21 Å². The van der Waals surface area contributed by atoms with Crippen molar-refractivity contribution in [3.63, 3.8) is 0 Å². The summed E-state index contributed by atoms with van der Waals surface area (Å²) >= 11 is 1.34. The molecule has 2 unspecified atom stereocenters. The van der Waals surface area contributed by atoms with Crippen LogP contribution in [0.25, 0.3) is 0 Å². The van der Waals surface area contributed by atoms with Gasteiger partial charge in [-0.1, -0.05) is 13.8 Å². The zero-order chi connectivity index (χ0) is 14.8. The van der Waals surface area contributed by atoms with E-state index in [1.807, 2.05) is 18.4 Å². The first-order valence-corrected chi connectivity index (χ1v) is 9.57. The van der Waals surface area contributed by atoms with E-state index in [-0.39, 0.29) is 6.04 Å². The molecule has 1 aromatic rings. The maximum absolute atomic E-state index is 12.6. The number of thiophene rings is 1. The maximum Gasteiger partial charge on any atom is 0.252 e. The Kier molecular flexibility index (Phi) is 5.23. The van der Waals surface area contributed by atoms with Crippen molar-refractivity contribution in [2.24, 2.45) is 5.92 Å². The van der Waals surface area contributed by atoms with Gasteiger partial charge in [-0.2, -0.15) is 4.31 Å². The van der Waals surface area contributed by atoms with Crippen LogP contribution in [0.4, 0.5) is 0 Å². The Balaban J connectivity index is 2.10. The highest BCUT2D eigenvalue weighted by Crippen LogP contribution is 2.31. The Hall–Kier alpha value is -0.430. The van der Waals surface area contributed by atoms with Gasteiger partial charge in [-0.25, -0.2) is 8.42 Å². The van der Waals surface area contributed by atoms with Gasteiger partial charge in [0, 0.05) is 19.1 Å². The predicted octanol–water partition coefficient (Wildman–Crippen LogP) is 2.67. The Morgan fingerprint density at radius 3 is 2.80 bits per heavy atom. The van der Waals surface area contributed by atoms with Gasteiger partial charge < -0.3 is 5.32 Å². The molecule has 1 fully saturated rings. The lowest BCUT2D eigenvalue weighted by atomic mass is 10.1. The quantitative estimate of drug-likeness (QED) is 0.821. The topological polar surface area (TPSA) is 49.4 Å². The van der Waals surface area contributed by atoms with Crippen LogP contribution < -0.4 is 5.32 Å². The number of nitrogens with one attached hydrogen (secondary N) is 1. The van der Waals surface area contributed by atoms with E-state index < -0.39 is 10.0 Å². The first kappa shape index (κ1) is 15.9. The number of sulfonamides is 1. The van der Waals surface area contributed by atoms with Gasteiger partial charge in [0.05, 0.1) is 0 Å². The second kappa shape index (κ2) is 6.56. The van der Waals surface area contributed by atoms with Crippen molar-refractivity contribution in [3.05, 3.63) is 17.0 Å². The molecule has 4 nitrogen and oxygen atoms in total. The van der Waals surface area contributed by atoms with Crippen LogP contribution in [0, 0.1) is 5.92 Å². The van der Waals surface area contributed by atoms with Crippen LogP contribution in [-0.2, 0) is 16.6 Å². The molecule has 1 saturated heterocycles. The smallest absolute Gasteiger partial charge is 0.252 e. The predicted molar refractivity (Wildman–Crippen MR) is 83.5 cm³/mol. The van der Waals surface area contributed by atoms with E-state index in [4.69, 9.17) is 0 Å². The van der Waals surface area contributed by atoms with E-state index in [2.05, 4.69) is 19.2 Å². The molecule has 0 saturated carbocycles. The van der Waals surface area contributed by atoms with Gasteiger partial charge in [-0.3, -0.25) is 0 Å². The van der Waals surface area contributed by atoms with Crippen molar-refractivity contribution in [3.8, 4) is 0 Å². The van der Waals surface area contributed by atoms with Crippen molar-refractivity contribution in [2.75, 3.05) is 13.1 Å². The molecule has 1 aliphatic heterocycles. The van der Waals surface area contributed by atoms with Crippen LogP contribution in [0.1, 0.15) is 39.2 Å². The molecule has 1 aliphatic rings. The second-order valence-electron chi connectivity index (χ2n) is 5.72. The first-order chi connectivity index (χ1) is 9.45. The fourth-order valence-corrected chi connectivity index (χ4v) is 5.80. The zero-order valence-corrected chi connectivity index (χ0v) is 14.1. The van der Waals surface area contributed by atoms with E-state index >= 15 is 0 Å². The number of hydrogen-bond acceptors (Lipinski definition) is 4. The molecule has 20 heavy (non-hydrogen) atoms. The Labute approximate surface area is 126 Å². The lowest BCUT2D eigenvalue weighted by Crippen LogP contribution is -2.33. The Morgan fingerprint density at radius 2 is 2.20 bits per heavy atom. The second-order valence-corrected chi connectivity index (χ2v) is 8.74. The van der Waals surface area contributed by atoms with Crippen LogP contribution in [0.3, 0.4) is 0 Å². The molecule has 6 heteroatoms. The molecule has 0 amide bonds. The molecular formula is C14H24N2O2S2. The molecule has 0 aliphatic carbocycles. The summed E-state index contributed by atoms with van der Waals surface area (Å²) in [7, 11) is -3.31. The summed E-state index contributed by atoms with van der Waals surface area (Å²) < 4.78 is 27.4. The molecule has 1 N–H and O–H groups in total.